The van der Waals surface area contributed by atoms with Crippen LogP contribution in [0, 0.1) is 0 Å². The van der Waals surface area contributed by atoms with Crippen LogP contribution in [0.2, 0.25) is 0 Å². The van der Waals surface area contributed by atoms with Crippen molar-refractivity contribution in [3.8, 4) is 0 Å². The van der Waals surface area contributed by atoms with Crippen molar-refractivity contribution in [2.75, 3.05) is 13.2 Å². The minimum absolute atomic E-state index is 0.436. The second-order valence-corrected chi connectivity index (χ2v) is 5.22. The maximum Gasteiger partial charge on any atom is 0.339 e. The molecule has 1 saturated heterocycles. The first kappa shape index (κ1) is 17.4. The highest BCUT2D eigenvalue weighted by Gasteiger charge is 2.26. The molecule has 1 unspecified atom stereocenters. The molecule has 0 amide bonds. The van der Waals surface area contributed by atoms with Gasteiger partial charge in [0, 0.05) is 12.8 Å². The molecular formula is C15H20F2N2O4. The number of allylic oxidation sites excluding steroid dienone is 1. The molecule has 1 atom stereocenters. The molecule has 1 N–H and O–H groups in total. The number of carboxylic acid groups (broad SMARTS) is 1. The first-order chi connectivity index (χ1) is 11.1. The second kappa shape index (κ2) is 8.61. The van der Waals surface area contributed by atoms with Crippen LogP contribution in [-0.2, 0) is 9.47 Å². The monoisotopic (exact) mass is 330 g/mol. The van der Waals surface area contributed by atoms with Crippen molar-refractivity contribution in [2.45, 2.75) is 44.8 Å². The summed E-state index contributed by atoms with van der Waals surface area (Å²) in [6, 6.07) is 0. The normalized spacial score (nSPS) is 20.6. The number of alkyl halides is 2. The number of hydrogen-bond acceptors (Lipinski definition) is 4. The lowest BCUT2D eigenvalue weighted by molar-refractivity contribution is -0.0402. The first-order valence-corrected chi connectivity index (χ1v) is 7.58. The summed E-state index contributed by atoms with van der Waals surface area (Å²) in [6.45, 7) is 1.45. The van der Waals surface area contributed by atoms with Gasteiger partial charge in [-0.3, -0.25) is 0 Å². The average molecular weight is 330 g/mol. The molecule has 1 fully saturated rings. The van der Waals surface area contributed by atoms with Crippen molar-refractivity contribution >= 4 is 5.97 Å². The summed E-state index contributed by atoms with van der Waals surface area (Å²) in [5.74, 6) is -1.40. The van der Waals surface area contributed by atoms with Gasteiger partial charge in [-0.2, -0.15) is 5.10 Å². The summed E-state index contributed by atoms with van der Waals surface area (Å²) in [5.41, 5.74) is -1.17. The zero-order valence-corrected chi connectivity index (χ0v) is 12.7. The Labute approximate surface area is 132 Å². The molecule has 2 aliphatic heterocycles. The fraction of sp³-hybridized carbons (Fsp3) is 0.600. The molecule has 3 heterocycles. The van der Waals surface area contributed by atoms with Gasteiger partial charge in [-0.1, -0.05) is 0 Å². The molecule has 23 heavy (non-hydrogen) atoms. The minimum atomic E-state index is -2.90. The standard InChI is InChI=1S/C10H12F2N2O3.C5H8O/c11-9(12)8-6(10(15)16)5-14(13-8)7-3-1-2-4-17-7;1-2-4-6-5-3-1/h5,7,9H,1-4H2,(H,15,16);2,4H,1,3,5H2. The number of carbonyl (C=O) groups is 1. The number of aromatic carboxylic acids is 1. The number of halogens is 2. The smallest absolute Gasteiger partial charge is 0.339 e. The molecule has 128 valence electrons. The zero-order chi connectivity index (χ0) is 16.7. The van der Waals surface area contributed by atoms with Gasteiger partial charge in [0.2, 0.25) is 0 Å². The molecule has 0 saturated carbocycles. The summed E-state index contributed by atoms with van der Waals surface area (Å²) in [4.78, 5) is 10.8. The number of carboxylic acids is 1. The van der Waals surface area contributed by atoms with E-state index in [1.165, 1.54) is 17.5 Å². The summed E-state index contributed by atoms with van der Waals surface area (Å²) >= 11 is 0. The third-order valence-corrected chi connectivity index (χ3v) is 3.47. The molecule has 0 radical (unpaired) electrons. The highest BCUT2D eigenvalue weighted by atomic mass is 19.3. The van der Waals surface area contributed by atoms with E-state index in [1.54, 1.807) is 6.26 Å². The Morgan fingerprint density at radius 2 is 2.17 bits per heavy atom. The Morgan fingerprint density at radius 3 is 2.57 bits per heavy atom. The fourth-order valence-corrected chi connectivity index (χ4v) is 2.30. The topological polar surface area (TPSA) is 73.6 Å². The van der Waals surface area contributed by atoms with Crippen molar-refractivity contribution in [1.82, 2.24) is 9.78 Å². The molecule has 1 aromatic rings. The van der Waals surface area contributed by atoms with Crippen molar-refractivity contribution in [3.05, 3.63) is 29.8 Å². The second-order valence-electron chi connectivity index (χ2n) is 5.22. The van der Waals surface area contributed by atoms with Crippen LogP contribution in [0.3, 0.4) is 0 Å². The van der Waals surface area contributed by atoms with Crippen molar-refractivity contribution in [2.24, 2.45) is 0 Å². The van der Waals surface area contributed by atoms with Gasteiger partial charge < -0.3 is 14.6 Å². The van der Waals surface area contributed by atoms with Gasteiger partial charge in [0.05, 0.1) is 12.9 Å². The Morgan fingerprint density at radius 1 is 1.35 bits per heavy atom. The molecule has 1 aromatic heterocycles. The van der Waals surface area contributed by atoms with Gasteiger partial charge in [0.25, 0.3) is 6.43 Å². The van der Waals surface area contributed by atoms with Crippen LogP contribution in [-0.4, -0.2) is 34.1 Å². The predicted molar refractivity (Wildman–Crippen MR) is 77.3 cm³/mol. The number of nitrogens with zero attached hydrogens (tertiary/aromatic N) is 2. The van der Waals surface area contributed by atoms with Crippen molar-refractivity contribution < 1.29 is 28.2 Å². The Kier molecular flexibility index (Phi) is 6.52. The van der Waals surface area contributed by atoms with Gasteiger partial charge in [0.15, 0.2) is 0 Å². The van der Waals surface area contributed by atoms with Gasteiger partial charge in [-0.15, -0.1) is 0 Å². The number of rotatable bonds is 3. The predicted octanol–water partition coefficient (Wildman–Crippen LogP) is 3.53. The van der Waals surface area contributed by atoms with E-state index in [0.29, 0.717) is 13.0 Å². The molecule has 0 spiro atoms. The number of aromatic nitrogens is 2. The van der Waals surface area contributed by atoms with Gasteiger partial charge in [0.1, 0.15) is 17.5 Å². The lowest BCUT2D eigenvalue weighted by atomic mass is 10.2. The highest BCUT2D eigenvalue weighted by molar-refractivity contribution is 5.88. The van der Waals surface area contributed by atoms with Crippen molar-refractivity contribution in [1.29, 1.82) is 0 Å². The largest absolute Gasteiger partial charge is 0.502 e. The molecule has 6 nitrogen and oxygen atoms in total. The summed E-state index contributed by atoms with van der Waals surface area (Å²) in [6.07, 6.45) is 6.47. The average Bonchev–Trinajstić information content (AvgIpc) is 3.04. The molecule has 2 aliphatic rings. The highest BCUT2D eigenvalue weighted by Crippen LogP contribution is 2.26. The lowest BCUT2D eigenvalue weighted by Gasteiger charge is -2.22. The van der Waals surface area contributed by atoms with E-state index >= 15 is 0 Å². The third kappa shape index (κ3) is 5.02. The third-order valence-electron chi connectivity index (χ3n) is 3.47. The number of hydrogen-bond donors (Lipinski definition) is 1. The first-order valence-electron chi connectivity index (χ1n) is 7.58. The quantitative estimate of drug-likeness (QED) is 0.918. The van der Waals surface area contributed by atoms with Crippen molar-refractivity contribution in [3.63, 3.8) is 0 Å². The summed E-state index contributed by atoms with van der Waals surface area (Å²) in [5, 5.41) is 12.4. The van der Waals surface area contributed by atoms with Gasteiger partial charge >= 0.3 is 5.97 Å². The maximum absolute atomic E-state index is 12.6. The maximum atomic E-state index is 12.6. The number of ether oxygens (including phenoxy) is 2. The van der Waals surface area contributed by atoms with Gasteiger partial charge in [-0.05, 0) is 38.2 Å². The molecule has 0 aliphatic carbocycles. The Balaban J connectivity index is 0.000000268. The molecule has 0 bridgehead atoms. The lowest BCUT2D eigenvalue weighted by Crippen LogP contribution is -2.18. The fourth-order valence-electron chi connectivity index (χ4n) is 2.30. The van der Waals surface area contributed by atoms with E-state index in [1.807, 2.05) is 6.08 Å². The van der Waals surface area contributed by atoms with Crippen LogP contribution in [0.1, 0.15) is 60.8 Å². The van der Waals surface area contributed by atoms with E-state index in [9.17, 15) is 13.6 Å². The molecular weight excluding hydrogens is 310 g/mol. The van der Waals surface area contributed by atoms with E-state index in [-0.39, 0.29) is 0 Å². The van der Waals surface area contributed by atoms with Gasteiger partial charge in [-0.25, -0.2) is 18.3 Å². The van der Waals surface area contributed by atoms with E-state index in [2.05, 4.69) is 5.10 Å². The summed E-state index contributed by atoms with van der Waals surface area (Å²) < 4.78 is 36.6. The zero-order valence-electron chi connectivity index (χ0n) is 12.7. The Bertz CT molecular complexity index is 532. The minimum Gasteiger partial charge on any atom is -0.502 e. The van der Waals surface area contributed by atoms with Crippen LogP contribution in [0.5, 0.6) is 0 Å². The molecule has 3 rings (SSSR count). The van der Waals surface area contributed by atoms with Crippen LogP contribution in [0.15, 0.2) is 18.5 Å². The van der Waals surface area contributed by atoms with Crippen LogP contribution >= 0.6 is 0 Å². The van der Waals surface area contributed by atoms with Crippen LogP contribution in [0.25, 0.3) is 0 Å². The van der Waals surface area contributed by atoms with Crippen LogP contribution < -0.4 is 0 Å². The summed E-state index contributed by atoms with van der Waals surface area (Å²) in [7, 11) is 0. The SMILES string of the molecule is C1=COCCC1.O=C(O)c1cn(C2CCCCO2)nc1C(F)F. The van der Waals surface area contributed by atoms with E-state index in [4.69, 9.17) is 14.6 Å². The molecule has 8 heteroatoms. The molecule has 0 aromatic carbocycles. The van der Waals surface area contributed by atoms with E-state index < -0.39 is 29.9 Å². The Hall–Kier alpha value is -1.96. The van der Waals surface area contributed by atoms with Crippen LogP contribution in [0.4, 0.5) is 8.78 Å². The van der Waals surface area contributed by atoms with E-state index in [0.717, 1.165) is 25.6 Å².